The van der Waals surface area contributed by atoms with Gasteiger partial charge in [-0.15, -0.1) is 0 Å². The molecule has 4 nitrogen and oxygen atoms in total. The molecule has 2 rings (SSSR count). The van der Waals surface area contributed by atoms with E-state index >= 15 is 0 Å². The lowest BCUT2D eigenvalue weighted by Crippen LogP contribution is -2.48. The highest BCUT2D eigenvalue weighted by molar-refractivity contribution is 7.80. The number of hydrogen-bond donors (Lipinski definition) is 1. The van der Waals surface area contributed by atoms with Gasteiger partial charge in [0.2, 0.25) is 0 Å². The van der Waals surface area contributed by atoms with Crippen LogP contribution in [0.4, 0.5) is 8.78 Å². The van der Waals surface area contributed by atoms with E-state index in [2.05, 4.69) is 5.32 Å². The second kappa shape index (κ2) is 7.70. The SMILES string of the molecule is CCCN1C(=S)N[C@@H](c2c(F)cccc2F)C(C(=O)OCC)=C1C. The van der Waals surface area contributed by atoms with Gasteiger partial charge in [0.1, 0.15) is 11.6 Å². The Bertz CT molecular complexity index is 671. The molecule has 0 amide bonds. The molecule has 1 atom stereocenters. The Balaban J connectivity index is 2.61. The van der Waals surface area contributed by atoms with Crippen molar-refractivity contribution < 1.29 is 18.3 Å². The molecule has 0 saturated carbocycles. The molecule has 130 valence electrons. The number of rotatable bonds is 5. The van der Waals surface area contributed by atoms with E-state index in [-0.39, 0.29) is 17.7 Å². The van der Waals surface area contributed by atoms with E-state index in [9.17, 15) is 13.6 Å². The minimum atomic E-state index is -1.02. The first-order chi connectivity index (χ1) is 11.4. The van der Waals surface area contributed by atoms with Crippen LogP contribution in [0, 0.1) is 11.6 Å². The van der Waals surface area contributed by atoms with Gasteiger partial charge in [-0.2, -0.15) is 0 Å². The first kappa shape index (κ1) is 18.3. The number of carbonyl (C=O) groups is 1. The summed E-state index contributed by atoms with van der Waals surface area (Å²) in [5, 5.41) is 3.22. The third-order valence-electron chi connectivity index (χ3n) is 3.83. The highest BCUT2D eigenvalue weighted by Gasteiger charge is 2.37. The van der Waals surface area contributed by atoms with Crippen LogP contribution in [0.15, 0.2) is 29.5 Å². The van der Waals surface area contributed by atoms with Crippen molar-refractivity contribution in [2.75, 3.05) is 13.2 Å². The second-order valence-electron chi connectivity index (χ2n) is 5.39. The van der Waals surface area contributed by atoms with E-state index in [0.717, 1.165) is 18.6 Å². The van der Waals surface area contributed by atoms with Crippen molar-refractivity contribution in [3.63, 3.8) is 0 Å². The smallest absolute Gasteiger partial charge is 0.338 e. The average molecular weight is 354 g/mol. The molecule has 1 N–H and O–H groups in total. The van der Waals surface area contributed by atoms with Crippen LogP contribution in [0.1, 0.15) is 38.8 Å². The van der Waals surface area contributed by atoms with Crippen LogP contribution in [0.5, 0.6) is 0 Å². The summed E-state index contributed by atoms with van der Waals surface area (Å²) in [5.41, 5.74) is 0.480. The quantitative estimate of drug-likeness (QED) is 0.648. The molecule has 0 saturated heterocycles. The summed E-state index contributed by atoms with van der Waals surface area (Å²) in [6, 6.07) is 2.56. The highest BCUT2D eigenvalue weighted by Crippen LogP contribution is 2.34. The molecule has 1 aliphatic heterocycles. The van der Waals surface area contributed by atoms with Crippen LogP contribution in [0.25, 0.3) is 0 Å². The van der Waals surface area contributed by atoms with Gasteiger partial charge in [0.05, 0.1) is 23.8 Å². The molecular formula is C17H20F2N2O2S. The molecule has 24 heavy (non-hydrogen) atoms. The predicted molar refractivity (Wildman–Crippen MR) is 91.2 cm³/mol. The van der Waals surface area contributed by atoms with Crippen molar-refractivity contribution in [2.24, 2.45) is 0 Å². The Morgan fingerprint density at radius 1 is 1.33 bits per heavy atom. The molecule has 0 fully saturated rings. The number of halogens is 2. The van der Waals surface area contributed by atoms with E-state index in [1.54, 1.807) is 18.7 Å². The number of benzene rings is 1. The number of allylic oxidation sites excluding steroid dienone is 1. The molecule has 0 aromatic heterocycles. The van der Waals surface area contributed by atoms with Gasteiger partial charge >= 0.3 is 5.97 Å². The summed E-state index contributed by atoms with van der Waals surface area (Å²) < 4.78 is 33.6. The lowest BCUT2D eigenvalue weighted by molar-refractivity contribution is -0.139. The summed E-state index contributed by atoms with van der Waals surface area (Å²) in [6.07, 6.45) is 0.800. The third-order valence-corrected chi connectivity index (χ3v) is 4.17. The van der Waals surface area contributed by atoms with E-state index < -0.39 is 23.6 Å². The topological polar surface area (TPSA) is 41.6 Å². The first-order valence-corrected chi connectivity index (χ1v) is 8.22. The van der Waals surface area contributed by atoms with Crippen molar-refractivity contribution in [1.82, 2.24) is 10.2 Å². The van der Waals surface area contributed by atoms with E-state index in [4.69, 9.17) is 17.0 Å². The molecule has 1 aromatic rings. The molecule has 1 aromatic carbocycles. The molecule has 1 heterocycles. The van der Waals surface area contributed by atoms with Crippen LogP contribution >= 0.6 is 12.2 Å². The second-order valence-corrected chi connectivity index (χ2v) is 5.78. The van der Waals surface area contributed by atoms with Gasteiger partial charge in [-0.1, -0.05) is 13.0 Å². The van der Waals surface area contributed by atoms with Crippen molar-refractivity contribution in [3.8, 4) is 0 Å². The molecular weight excluding hydrogens is 334 g/mol. The Hall–Kier alpha value is -2.02. The van der Waals surface area contributed by atoms with Crippen LogP contribution in [-0.4, -0.2) is 29.1 Å². The molecule has 0 radical (unpaired) electrons. The highest BCUT2D eigenvalue weighted by atomic mass is 32.1. The summed E-state index contributed by atoms with van der Waals surface area (Å²) >= 11 is 5.32. The molecule has 0 bridgehead atoms. The zero-order chi connectivity index (χ0) is 17.9. The largest absolute Gasteiger partial charge is 0.463 e. The van der Waals surface area contributed by atoms with E-state index in [1.165, 1.54) is 6.07 Å². The maximum atomic E-state index is 14.2. The van der Waals surface area contributed by atoms with Crippen molar-refractivity contribution >= 4 is 23.3 Å². The predicted octanol–water partition coefficient (Wildman–Crippen LogP) is 3.44. The van der Waals surface area contributed by atoms with Gasteiger partial charge in [0, 0.05) is 12.2 Å². The van der Waals surface area contributed by atoms with Crippen LogP contribution in [0.2, 0.25) is 0 Å². The maximum Gasteiger partial charge on any atom is 0.338 e. The number of hydrogen-bond acceptors (Lipinski definition) is 3. The molecule has 7 heteroatoms. The molecule has 1 aliphatic rings. The molecule has 0 unspecified atom stereocenters. The van der Waals surface area contributed by atoms with Crippen molar-refractivity contribution in [3.05, 3.63) is 46.7 Å². The molecule has 0 spiro atoms. The summed E-state index contributed by atoms with van der Waals surface area (Å²) in [7, 11) is 0. The van der Waals surface area contributed by atoms with Crippen molar-refractivity contribution in [2.45, 2.75) is 33.2 Å². The van der Waals surface area contributed by atoms with Crippen LogP contribution in [0.3, 0.4) is 0 Å². The minimum absolute atomic E-state index is 0.167. The Labute approximate surface area is 145 Å². The first-order valence-electron chi connectivity index (χ1n) is 7.82. The van der Waals surface area contributed by atoms with Gasteiger partial charge in [-0.25, -0.2) is 13.6 Å². The number of esters is 1. The minimum Gasteiger partial charge on any atom is -0.463 e. The van der Waals surface area contributed by atoms with Crippen molar-refractivity contribution in [1.29, 1.82) is 0 Å². The lowest BCUT2D eigenvalue weighted by Gasteiger charge is -2.37. The van der Waals surface area contributed by atoms with Gasteiger partial charge in [0.15, 0.2) is 5.11 Å². The normalized spacial score (nSPS) is 17.8. The monoisotopic (exact) mass is 354 g/mol. The third kappa shape index (κ3) is 3.40. The van der Waals surface area contributed by atoms with Gasteiger partial charge in [-0.05, 0) is 44.6 Å². The van der Waals surface area contributed by atoms with Crippen LogP contribution < -0.4 is 5.32 Å². The summed E-state index contributed by atoms with van der Waals surface area (Å²) in [6.45, 7) is 6.12. The van der Waals surface area contributed by atoms with Gasteiger partial charge in [0.25, 0.3) is 0 Å². The summed E-state index contributed by atoms with van der Waals surface area (Å²) in [4.78, 5) is 14.2. The van der Waals surface area contributed by atoms with Gasteiger partial charge in [-0.3, -0.25) is 0 Å². The number of nitrogens with zero attached hydrogens (tertiary/aromatic N) is 1. The fourth-order valence-corrected chi connectivity index (χ4v) is 3.10. The number of thiocarbonyl (C=S) groups is 1. The standard InChI is InChI=1S/C17H20F2N2O2S/c1-4-9-21-10(3)13(16(22)23-5-2)15(20-17(21)24)14-11(18)7-6-8-12(14)19/h6-8,15H,4-5,9H2,1-3H3,(H,20,24)/t15-/m1/s1. The fraction of sp³-hybridized carbons (Fsp3) is 0.412. The Morgan fingerprint density at radius 3 is 2.50 bits per heavy atom. The zero-order valence-corrected chi connectivity index (χ0v) is 14.7. The Morgan fingerprint density at radius 2 is 1.96 bits per heavy atom. The Kier molecular flexibility index (Phi) is 5.88. The van der Waals surface area contributed by atoms with Gasteiger partial charge < -0.3 is 15.0 Å². The summed E-state index contributed by atoms with van der Waals surface area (Å²) in [5.74, 6) is -2.10. The maximum absolute atomic E-state index is 14.2. The number of nitrogens with one attached hydrogen (secondary N) is 1. The zero-order valence-electron chi connectivity index (χ0n) is 13.9. The van der Waals surface area contributed by atoms with E-state index in [1.807, 2.05) is 6.92 Å². The average Bonchev–Trinajstić information content (AvgIpc) is 2.51. The fourth-order valence-electron chi connectivity index (χ4n) is 2.75. The lowest BCUT2D eigenvalue weighted by atomic mass is 9.94. The molecule has 0 aliphatic carbocycles. The van der Waals surface area contributed by atoms with Crippen LogP contribution in [-0.2, 0) is 9.53 Å². The van der Waals surface area contributed by atoms with E-state index in [0.29, 0.717) is 17.4 Å². The number of carbonyl (C=O) groups excluding carboxylic acids is 1. The number of ether oxygens (including phenoxy) is 1.